The van der Waals surface area contributed by atoms with Crippen molar-refractivity contribution in [1.82, 2.24) is 5.32 Å². The summed E-state index contributed by atoms with van der Waals surface area (Å²) in [6.45, 7) is 5.00. The summed E-state index contributed by atoms with van der Waals surface area (Å²) in [7, 11) is 0. The fourth-order valence-electron chi connectivity index (χ4n) is 1.71. The molecule has 0 aromatic heterocycles. The highest BCUT2D eigenvalue weighted by Crippen LogP contribution is 2.34. The maximum Gasteiger partial charge on any atom is 0.250 e. The number of halogens is 2. The van der Waals surface area contributed by atoms with Gasteiger partial charge in [0.2, 0.25) is 0 Å². The van der Waals surface area contributed by atoms with Gasteiger partial charge in [-0.1, -0.05) is 13.8 Å². The average Bonchev–Trinajstić information content (AvgIpc) is 2.05. The maximum atomic E-state index is 13.3. The van der Waals surface area contributed by atoms with Crippen molar-refractivity contribution < 1.29 is 8.78 Å². The maximum absolute atomic E-state index is 13.3. The lowest BCUT2D eigenvalue weighted by atomic mass is 9.88. The third-order valence-electron chi connectivity index (χ3n) is 2.86. The highest BCUT2D eigenvalue weighted by Gasteiger charge is 2.36. The summed E-state index contributed by atoms with van der Waals surface area (Å²) in [6, 6.07) is 0. The number of alkyl halides is 2. The number of piperidine rings is 1. The molecule has 0 radical (unpaired) electrons. The van der Waals surface area contributed by atoms with Gasteiger partial charge in [-0.2, -0.15) is 0 Å². The summed E-state index contributed by atoms with van der Waals surface area (Å²) >= 11 is 0. The van der Waals surface area contributed by atoms with E-state index in [1.165, 1.54) is 0 Å². The van der Waals surface area contributed by atoms with E-state index in [0.29, 0.717) is 0 Å². The van der Waals surface area contributed by atoms with Crippen LogP contribution in [0, 0.1) is 11.8 Å². The predicted octanol–water partition coefficient (Wildman–Crippen LogP) is 2.67. The van der Waals surface area contributed by atoms with Gasteiger partial charge < -0.3 is 5.32 Å². The average molecular weight is 191 g/mol. The predicted molar refractivity (Wildman–Crippen MR) is 50.0 cm³/mol. The van der Waals surface area contributed by atoms with Crippen molar-refractivity contribution in [2.45, 2.75) is 39.0 Å². The van der Waals surface area contributed by atoms with Gasteiger partial charge in [0.05, 0.1) is 0 Å². The molecule has 78 valence electrons. The summed E-state index contributed by atoms with van der Waals surface area (Å²) in [6.07, 6.45) is 1.89. The molecule has 1 N–H and O–H groups in total. The van der Waals surface area contributed by atoms with Crippen LogP contribution in [0.25, 0.3) is 0 Å². The van der Waals surface area contributed by atoms with Crippen LogP contribution < -0.4 is 5.32 Å². The normalized spacial score (nSPS) is 21.0. The first kappa shape index (κ1) is 10.9. The topological polar surface area (TPSA) is 12.0 Å². The summed E-state index contributed by atoms with van der Waals surface area (Å²) in [5.41, 5.74) is 0. The van der Waals surface area contributed by atoms with Crippen molar-refractivity contribution in [1.29, 1.82) is 0 Å². The van der Waals surface area contributed by atoms with Crippen molar-refractivity contribution in [2.24, 2.45) is 11.8 Å². The highest BCUT2D eigenvalue weighted by molar-refractivity contribution is 4.78. The molecular weight excluding hydrogens is 172 g/mol. The zero-order valence-corrected chi connectivity index (χ0v) is 8.45. The van der Waals surface area contributed by atoms with Gasteiger partial charge in [-0.05, 0) is 31.8 Å². The van der Waals surface area contributed by atoms with Crippen molar-refractivity contribution in [3.63, 3.8) is 0 Å². The molecule has 1 aliphatic heterocycles. The Balaban J connectivity index is 2.37. The molecule has 0 atom stereocenters. The van der Waals surface area contributed by atoms with Gasteiger partial charge in [-0.3, -0.25) is 0 Å². The van der Waals surface area contributed by atoms with Gasteiger partial charge in [0.15, 0.2) is 0 Å². The van der Waals surface area contributed by atoms with Crippen LogP contribution in [0.5, 0.6) is 0 Å². The molecule has 1 fully saturated rings. The standard InChI is InChI=1S/C10H19F2N/c1-8(2)10(11,12)7-9-3-5-13-6-4-9/h8-9,13H,3-7H2,1-2H3. The van der Waals surface area contributed by atoms with Crippen molar-refractivity contribution in [2.75, 3.05) is 13.1 Å². The van der Waals surface area contributed by atoms with Crippen LogP contribution in [-0.4, -0.2) is 19.0 Å². The van der Waals surface area contributed by atoms with Crippen LogP contribution in [0.3, 0.4) is 0 Å². The Morgan fingerprint density at radius 1 is 1.31 bits per heavy atom. The van der Waals surface area contributed by atoms with Gasteiger partial charge in [0.1, 0.15) is 0 Å². The summed E-state index contributed by atoms with van der Waals surface area (Å²) in [4.78, 5) is 0. The third kappa shape index (κ3) is 3.22. The fourth-order valence-corrected chi connectivity index (χ4v) is 1.71. The molecule has 1 saturated heterocycles. The lowest BCUT2D eigenvalue weighted by molar-refractivity contribution is -0.0677. The quantitative estimate of drug-likeness (QED) is 0.723. The molecule has 0 aliphatic carbocycles. The first-order valence-electron chi connectivity index (χ1n) is 5.11. The molecule has 0 bridgehead atoms. The third-order valence-corrected chi connectivity index (χ3v) is 2.86. The van der Waals surface area contributed by atoms with E-state index < -0.39 is 11.8 Å². The number of hydrogen-bond acceptors (Lipinski definition) is 1. The smallest absolute Gasteiger partial charge is 0.250 e. The minimum absolute atomic E-state index is 0.0757. The lowest BCUT2D eigenvalue weighted by Crippen LogP contribution is -2.33. The van der Waals surface area contributed by atoms with Gasteiger partial charge in [0.25, 0.3) is 5.92 Å². The van der Waals surface area contributed by atoms with Crippen LogP contribution in [-0.2, 0) is 0 Å². The molecule has 1 heterocycles. The first-order valence-corrected chi connectivity index (χ1v) is 5.11. The van der Waals surface area contributed by atoms with Gasteiger partial charge in [0, 0.05) is 12.3 Å². The second-order valence-corrected chi connectivity index (χ2v) is 4.31. The largest absolute Gasteiger partial charge is 0.317 e. The minimum Gasteiger partial charge on any atom is -0.317 e. The highest BCUT2D eigenvalue weighted by atomic mass is 19.3. The lowest BCUT2D eigenvalue weighted by Gasteiger charge is -2.28. The monoisotopic (exact) mass is 191 g/mol. The van der Waals surface area contributed by atoms with Crippen LogP contribution in [0.15, 0.2) is 0 Å². The number of hydrogen-bond donors (Lipinski definition) is 1. The Morgan fingerprint density at radius 2 is 1.85 bits per heavy atom. The SMILES string of the molecule is CC(C)C(F)(F)CC1CCNCC1. The van der Waals surface area contributed by atoms with E-state index in [-0.39, 0.29) is 12.3 Å². The van der Waals surface area contributed by atoms with E-state index in [4.69, 9.17) is 0 Å². The molecule has 1 rings (SSSR count). The zero-order valence-electron chi connectivity index (χ0n) is 8.45. The molecule has 0 spiro atoms. The molecule has 0 aromatic carbocycles. The molecule has 1 aliphatic rings. The first-order chi connectivity index (χ1) is 6.02. The van der Waals surface area contributed by atoms with Crippen molar-refractivity contribution in [3.8, 4) is 0 Å². The second-order valence-electron chi connectivity index (χ2n) is 4.31. The Labute approximate surface area is 78.9 Å². The summed E-state index contributed by atoms with van der Waals surface area (Å²) in [5.74, 6) is -2.77. The van der Waals surface area contributed by atoms with Gasteiger partial charge >= 0.3 is 0 Å². The molecule has 0 amide bonds. The Kier molecular flexibility index (Phi) is 3.65. The van der Waals surface area contributed by atoms with Crippen molar-refractivity contribution in [3.05, 3.63) is 0 Å². The Morgan fingerprint density at radius 3 is 2.31 bits per heavy atom. The summed E-state index contributed by atoms with van der Waals surface area (Å²) < 4.78 is 26.6. The summed E-state index contributed by atoms with van der Waals surface area (Å²) in [5, 5.41) is 3.18. The molecule has 0 unspecified atom stereocenters. The van der Waals surface area contributed by atoms with Gasteiger partial charge in [-0.25, -0.2) is 8.78 Å². The molecule has 0 aromatic rings. The van der Waals surface area contributed by atoms with Crippen LogP contribution in [0.4, 0.5) is 8.78 Å². The molecule has 0 saturated carbocycles. The van der Waals surface area contributed by atoms with E-state index in [0.717, 1.165) is 25.9 Å². The Bertz CT molecular complexity index is 151. The molecule has 1 nitrogen and oxygen atoms in total. The van der Waals surface area contributed by atoms with Crippen molar-refractivity contribution >= 4 is 0 Å². The molecule has 3 heteroatoms. The minimum atomic E-state index is -2.47. The van der Waals surface area contributed by atoms with E-state index in [9.17, 15) is 8.78 Å². The van der Waals surface area contributed by atoms with Crippen LogP contribution >= 0.6 is 0 Å². The van der Waals surface area contributed by atoms with Gasteiger partial charge in [-0.15, -0.1) is 0 Å². The fraction of sp³-hybridized carbons (Fsp3) is 1.00. The molecular formula is C10H19F2N. The Hall–Kier alpha value is -0.180. The van der Waals surface area contributed by atoms with E-state index in [1.54, 1.807) is 13.8 Å². The van der Waals surface area contributed by atoms with Crippen LogP contribution in [0.2, 0.25) is 0 Å². The molecule has 13 heavy (non-hydrogen) atoms. The number of rotatable bonds is 3. The number of nitrogens with one attached hydrogen (secondary N) is 1. The zero-order chi connectivity index (χ0) is 9.90. The van der Waals surface area contributed by atoms with E-state index >= 15 is 0 Å². The van der Waals surface area contributed by atoms with E-state index in [2.05, 4.69) is 5.32 Å². The van der Waals surface area contributed by atoms with E-state index in [1.807, 2.05) is 0 Å². The second kappa shape index (κ2) is 4.36. The van der Waals surface area contributed by atoms with Crippen LogP contribution in [0.1, 0.15) is 33.1 Å².